The van der Waals surface area contributed by atoms with Crippen LogP contribution < -0.4 is 0 Å². The highest BCUT2D eigenvalue weighted by atomic mass is 79.9. The maximum absolute atomic E-state index is 10.8. The highest BCUT2D eigenvalue weighted by Crippen LogP contribution is 2.36. The number of non-ortho nitro benzene ring substituents is 1. The Labute approximate surface area is 121 Å². The van der Waals surface area contributed by atoms with Gasteiger partial charge in [0.2, 0.25) is 0 Å². The Hall–Kier alpha value is -1.79. The van der Waals surface area contributed by atoms with Crippen molar-refractivity contribution in [3.8, 4) is 10.6 Å². The summed E-state index contributed by atoms with van der Waals surface area (Å²) < 4.78 is 1.87. The minimum Gasteiger partial charge on any atom is -0.258 e. The predicted molar refractivity (Wildman–Crippen MR) is 79.4 cm³/mol. The molecule has 3 rings (SSSR count). The molecule has 0 saturated heterocycles. The molecule has 94 valence electrons. The monoisotopic (exact) mass is 334 g/mol. The van der Waals surface area contributed by atoms with Crippen molar-refractivity contribution >= 4 is 43.2 Å². The van der Waals surface area contributed by atoms with Gasteiger partial charge >= 0.3 is 0 Å². The maximum Gasteiger partial charge on any atom is 0.270 e. The number of nitro benzene ring substituents is 1. The van der Waals surface area contributed by atoms with Crippen LogP contribution in [0.15, 0.2) is 46.9 Å². The van der Waals surface area contributed by atoms with Crippen molar-refractivity contribution < 1.29 is 4.92 Å². The van der Waals surface area contributed by atoms with E-state index in [1.54, 1.807) is 12.1 Å². The largest absolute Gasteiger partial charge is 0.270 e. The topological polar surface area (TPSA) is 56.0 Å². The fourth-order valence-electron chi connectivity index (χ4n) is 1.78. The summed E-state index contributed by atoms with van der Waals surface area (Å²) in [5, 5.41) is 11.6. The average molecular weight is 335 g/mol. The van der Waals surface area contributed by atoms with E-state index in [1.165, 1.54) is 17.4 Å². The van der Waals surface area contributed by atoms with Gasteiger partial charge in [0.05, 0.1) is 15.1 Å². The molecular weight excluding hydrogens is 328 g/mol. The van der Waals surface area contributed by atoms with Crippen LogP contribution in [0, 0.1) is 10.1 Å². The lowest BCUT2D eigenvalue weighted by atomic mass is 10.2. The zero-order valence-electron chi connectivity index (χ0n) is 9.54. The maximum atomic E-state index is 10.8. The van der Waals surface area contributed by atoms with Gasteiger partial charge in [-0.15, -0.1) is 11.3 Å². The van der Waals surface area contributed by atoms with Gasteiger partial charge < -0.3 is 0 Å². The lowest BCUT2D eigenvalue weighted by Gasteiger charge is -2.00. The summed E-state index contributed by atoms with van der Waals surface area (Å²) in [7, 11) is 0. The molecule has 0 aliphatic heterocycles. The molecule has 0 fully saturated rings. The van der Waals surface area contributed by atoms with Crippen LogP contribution in [0.25, 0.3) is 20.8 Å². The average Bonchev–Trinajstić information content (AvgIpc) is 2.82. The number of halogens is 1. The number of benzene rings is 2. The molecule has 0 N–H and O–H groups in total. The van der Waals surface area contributed by atoms with E-state index in [0.717, 1.165) is 25.3 Å². The number of aromatic nitrogens is 1. The molecule has 4 nitrogen and oxygen atoms in total. The van der Waals surface area contributed by atoms with E-state index in [4.69, 9.17) is 0 Å². The van der Waals surface area contributed by atoms with E-state index in [1.807, 2.05) is 24.3 Å². The lowest BCUT2D eigenvalue weighted by Crippen LogP contribution is -1.88. The number of fused-ring (bicyclic) bond motifs is 1. The summed E-state index contributed by atoms with van der Waals surface area (Å²) >= 11 is 4.94. The Bertz CT molecular complexity index is 752. The molecule has 0 spiro atoms. The second kappa shape index (κ2) is 4.71. The van der Waals surface area contributed by atoms with E-state index in [-0.39, 0.29) is 5.69 Å². The quantitative estimate of drug-likeness (QED) is 0.507. The first kappa shape index (κ1) is 12.3. The fourth-order valence-corrected chi connectivity index (χ4v) is 3.34. The zero-order chi connectivity index (χ0) is 13.4. The highest BCUT2D eigenvalue weighted by Gasteiger charge is 2.14. The van der Waals surface area contributed by atoms with Gasteiger partial charge in [-0.05, 0) is 18.2 Å². The van der Waals surface area contributed by atoms with Crippen molar-refractivity contribution in [2.24, 2.45) is 0 Å². The van der Waals surface area contributed by atoms with E-state index >= 15 is 0 Å². The van der Waals surface area contributed by atoms with Gasteiger partial charge in [0.25, 0.3) is 5.69 Å². The van der Waals surface area contributed by atoms with Gasteiger partial charge in [-0.25, -0.2) is 4.98 Å². The Morgan fingerprint density at radius 1 is 1.21 bits per heavy atom. The summed E-state index contributed by atoms with van der Waals surface area (Å²) in [5.41, 5.74) is 1.72. The first-order chi connectivity index (χ1) is 9.15. The summed E-state index contributed by atoms with van der Waals surface area (Å²) in [6.45, 7) is 0. The molecule has 0 aliphatic rings. The Morgan fingerprint density at radius 2 is 2.00 bits per heavy atom. The molecule has 1 heterocycles. The van der Waals surface area contributed by atoms with Gasteiger partial charge in [-0.1, -0.05) is 28.1 Å². The molecule has 19 heavy (non-hydrogen) atoms. The van der Waals surface area contributed by atoms with Crippen LogP contribution in [-0.2, 0) is 0 Å². The van der Waals surface area contributed by atoms with Gasteiger partial charge in [0, 0.05) is 22.2 Å². The number of nitro groups is 1. The predicted octanol–water partition coefficient (Wildman–Crippen LogP) is 4.63. The summed E-state index contributed by atoms with van der Waals surface area (Å²) in [5.74, 6) is 0. The molecule has 0 saturated carbocycles. The number of hydrogen-bond donors (Lipinski definition) is 0. The molecule has 2 aromatic carbocycles. The van der Waals surface area contributed by atoms with E-state index in [0.29, 0.717) is 0 Å². The number of thiazole rings is 1. The Balaban J connectivity index is 2.20. The molecule has 6 heteroatoms. The van der Waals surface area contributed by atoms with Crippen molar-refractivity contribution in [2.45, 2.75) is 0 Å². The van der Waals surface area contributed by atoms with Crippen LogP contribution in [-0.4, -0.2) is 9.91 Å². The molecular formula is C13H7BrN2O2S. The van der Waals surface area contributed by atoms with Crippen molar-refractivity contribution in [3.05, 3.63) is 57.1 Å². The fraction of sp³-hybridized carbons (Fsp3) is 0. The molecule has 0 amide bonds. The first-order valence-electron chi connectivity index (χ1n) is 5.45. The first-order valence-corrected chi connectivity index (χ1v) is 7.06. The highest BCUT2D eigenvalue weighted by molar-refractivity contribution is 9.10. The zero-order valence-corrected chi connectivity index (χ0v) is 11.9. The summed E-state index contributed by atoms with van der Waals surface area (Å²) in [6.07, 6.45) is 0. The molecule has 0 radical (unpaired) electrons. The standard InChI is InChI=1S/C13H7BrN2O2S/c14-10-6-5-8(16(17)18)7-9(10)13-15-11-3-1-2-4-12(11)19-13/h1-7H. The van der Waals surface area contributed by atoms with Crippen LogP contribution in [0.2, 0.25) is 0 Å². The number of para-hydroxylation sites is 1. The smallest absolute Gasteiger partial charge is 0.258 e. The Morgan fingerprint density at radius 3 is 2.74 bits per heavy atom. The van der Waals surface area contributed by atoms with Crippen LogP contribution in [0.3, 0.4) is 0 Å². The van der Waals surface area contributed by atoms with Crippen molar-refractivity contribution in [1.29, 1.82) is 0 Å². The number of nitrogens with zero attached hydrogens (tertiary/aromatic N) is 2. The SMILES string of the molecule is O=[N+]([O-])c1ccc(Br)c(-c2nc3ccccc3s2)c1. The van der Waals surface area contributed by atoms with Gasteiger partial charge in [-0.2, -0.15) is 0 Å². The molecule has 0 aliphatic carbocycles. The normalized spacial score (nSPS) is 10.8. The van der Waals surface area contributed by atoms with E-state index in [2.05, 4.69) is 20.9 Å². The molecule has 0 atom stereocenters. The van der Waals surface area contributed by atoms with Crippen LogP contribution in [0.1, 0.15) is 0 Å². The molecule has 0 bridgehead atoms. The van der Waals surface area contributed by atoms with Crippen LogP contribution >= 0.6 is 27.3 Å². The third-order valence-corrected chi connectivity index (χ3v) is 4.45. The molecule has 1 aromatic heterocycles. The summed E-state index contributed by atoms with van der Waals surface area (Å²) in [4.78, 5) is 15.0. The van der Waals surface area contributed by atoms with Crippen molar-refractivity contribution in [3.63, 3.8) is 0 Å². The van der Waals surface area contributed by atoms with Crippen LogP contribution in [0.4, 0.5) is 5.69 Å². The third-order valence-electron chi connectivity index (χ3n) is 2.69. The lowest BCUT2D eigenvalue weighted by molar-refractivity contribution is -0.384. The Kier molecular flexibility index (Phi) is 3.04. The van der Waals surface area contributed by atoms with Crippen molar-refractivity contribution in [1.82, 2.24) is 4.98 Å². The molecule has 3 aromatic rings. The summed E-state index contributed by atoms with van der Waals surface area (Å²) in [6, 6.07) is 12.5. The second-order valence-corrected chi connectivity index (χ2v) is 5.79. The van der Waals surface area contributed by atoms with E-state index < -0.39 is 4.92 Å². The minimum atomic E-state index is -0.400. The van der Waals surface area contributed by atoms with Crippen LogP contribution in [0.5, 0.6) is 0 Å². The van der Waals surface area contributed by atoms with Crippen molar-refractivity contribution in [2.75, 3.05) is 0 Å². The van der Waals surface area contributed by atoms with Gasteiger partial charge in [0.15, 0.2) is 0 Å². The van der Waals surface area contributed by atoms with E-state index in [9.17, 15) is 10.1 Å². The van der Waals surface area contributed by atoms with Gasteiger partial charge in [0.1, 0.15) is 5.01 Å². The molecule has 0 unspecified atom stereocenters. The minimum absolute atomic E-state index is 0.0671. The third kappa shape index (κ3) is 2.24. The number of hydrogen-bond acceptors (Lipinski definition) is 4. The number of rotatable bonds is 2. The van der Waals surface area contributed by atoms with Gasteiger partial charge in [-0.3, -0.25) is 10.1 Å². The second-order valence-electron chi connectivity index (χ2n) is 3.91.